The van der Waals surface area contributed by atoms with Crippen molar-refractivity contribution in [2.75, 3.05) is 6.61 Å². The molecule has 0 spiro atoms. The molecule has 8 heteroatoms. The van der Waals surface area contributed by atoms with Gasteiger partial charge in [0.1, 0.15) is 5.65 Å². The molecule has 19 heavy (non-hydrogen) atoms. The number of alkyl halides is 3. The Morgan fingerprint density at radius 2 is 2.16 bits per heavy atom. The highest BCUT2D eigenvalue weighted by molar-refractivity contribution is 9.10. The van der Waals surface area contributed by atoms with Gasteiger partial charge in [0.05, 0.1) is 6.61 Å². The van der Waals surface area contributed by atoms with E-state index >= 15 is 0 Å². The van der Waals surface area contributed by atoms with Crippen LogP contribution in [0.4, 0.5) is 13.2 Å². The van der Waals surface area contributed by atoms with Crippen LogP contribution in [-0.4, -0.2) is 22.0 Å². The summed E-state index contributed by atoms with van der Waals surface area (Å²) in [5.74, 6) is -1.06. The number of hydrogen-bond acceptors (Lipinski definition) is 3. The summed E-state index contributed by atoms with van der Waals surface area (Å²) in [5.41, 5.74) is -1.84. The molecule has 102 valence electrons. The molecule has 0 unspecified atom stereocenters. The van der Waals surface area contributed by atoms with Crippen LogP contribution in [0.1, 0.15) is 23.1 Å². The van der Waals surface area contributed by atoms with Crippen molar-refractivity contribution in [1.29, 1.82) is 0 Å². The van der Waals surface area contributed by atoms with E-state index in [2.05, 4.69) is 25.7 Å². The van der Waals surface area contributed by atoms with E-state index < -0.39 is 23.5 Å². The second-order valence-corrected chi connectivity index (χ2v) is 4.52. The quantitative estimate of drug-likeness (QED) is 0.790. The molecular formula is C11H8BrF3N2O2. The number of hydrogen-bond donors (Lipinski definition) is 0. The van der Waals surface area contributed by atoms with E-state index in [1.54, 1.807) is 0 Å². The summed E-state index contributed by atoms with van der Waals surface area (Å²) >= 11 is 3.13. The Labute approximate surface area is 114 Å². The van der Waals surface area contributed by atoms with Crippen LogP contribution >= 0.6 is 15.9 Å². The minimum absolute atomic E-state index is 0.0165. The van der Waals surface area contributed by atoms with Gasteiger partial charge in [-0.1, -0.05) is 0 Å². The first-order valence-electron chi connectivity index (χ1n) is 5.26. The third-order valence-corrected chi connectivity index (χ3v) is 2.79. The minimum atomic E-state index is -4.72. The number of esters is 1. The highest BCUT2D eigenvalue weighted by Gasteiger charge is 2.40. The van der Waals surface area contributed by atoms with Gasteiger partial charge in [-0.3, -0.25) is 4.40 Å². The molecule has 0 amide bonds. The lowest BCUT2D eigenvalue weighted by molar-refractivity contribution is -0.141. The number of fused-ring (bicyclic) bond motifs is 1. The molecular weight excluding hydrogens is 329 g/mol. The van der Waals surface area contributed by atoms with Gasteiger partial charge in [0.15, 0.2) is 11.4 Å². The third-order valence-electron chi connectivity index (χ3n) is 2.32. The largest absolute Gasteiger partial charge is 0.461 e. The van der Waals surface area contributed by atoms with Gasteiger partial charge in [0.2, 0.25) is 0 Å². The molecule has 0 fully saturated rings. The molecule has 0 radical (unpaired) electrons. The van der Waals surface area contributed by atoms with Gasteiger partial charge >= 0.3 is 12.1 Å². The van der Waals surface area contributed by atoms with Crippen molar-refractivity contribution in [3.63, 3.8) is 0 Å². The van der Waals surface area contributed by atoms with E-state index in [9.17, 15) is 18.0 Å². The fourth-order valence-corrected chi connectivity index (χ4v) is 1.95. The third kappa shape index (κ3) is 2.58. The van der Waals surface area contributed by atoms with E-state index in [1.807, 2.05) is 0 Å². The summed E-state index contributed by atoms with van der Waals surface area (Å²) in [6, 6.07) is 2.92. The number of aromatic nitrogens is 2. The Morgan fingerprint density at radius 1 is 1.47 bits per heavy atom. The molecule has 0 aliphatic heterocycles. The Balaban J connectivity index is 2.74. The lowest BCUT2D eigenvalue weighted by Gasteiger charge is -2.07. The molecule has 4 nitrogen and oxygen atoms in total. The molecule has 2 rings (SSSR count). The van der Waals surface area contributed by atoms with Crippen LogP contribution in [0.5, 0.6) is 0 Å². The van der Waals surface area contributed by atoms with Crippen LogP contribution in [0.2, 0.25) is 0 Å². The van der Waals surface area contributed by atoms with Crippen LogP contribution in [0.15, 0.2) is 22.8 Å². The molecule has 0 aliphatic carbocycles. The van der Waals surface area contributed by atoms with E-state index in [4.69, 9.17) is 0 Å². The van der Waals surface area contributed by atoms with Gasteiger partial charge in [-0.2, -0.15) is 13.2 Å². The zero-order chi connectivity index (χ0) is 14.2. The van der Waals surface area contributed by atoms with Crippen molar-refractivity contribution < 1.29 is 22.7 Å². The number of rotatable bonds is 2. The first-order valence-corrected chi connectivity index (χ1v) is 6.05. The lowest BCUT2D eigenvalue weighted by atomic mass is 10.3. The normalized spacial score (nSPS) is 11.8. The van der Waals surface area contributed by atoms with Crippen LogP contribution in [-0.2, 0) is 10.9 Å². The van der Waals surface area contributed by atoms with E-state index in [1.165, 1.54) is 25.3 Å². The first-order chi connectivity index (χ1) is 8.84. The van der Waals surface area contributed by atoms with Gasteiger partial charge in [0.25, 0.3) is 0 Å². The van der Waals surface area contributed by atoms with Crippen molar-refractivity contribution in [1.82, 2.24) is 9.38 Å². The number of carbonyl (C=O) groups is 1. The van der Waals surface area contributed by atoms with Crippen LogP contribution in [0.3, 0.4) is 0 Å². The average Bonchev–Trinajstić information content (AvgIpc) is 2.67. The van der Waals surface area contributed by atoms with Gasteiger partial charge in [-0.25, -0.2) is 9.78 Å². The molecule has 0 saturated heterocycles. The smallest absolute Gasteiger partial charge is 0.435 e. The van der Waals surface area contributed by atoms with E-state index in [0.717, 1.165) is 4.40 Å². The lowest BCUT2D eigenvalue weighted by Crippen LogP contribution is -2.16. The van der Waals surface area contributed by atoms with Gasteiger partial charge < -0.3 is 4.74 Å². The number of pyridine rings is 1. The molecule has 0 bridgehead atoms. The van der Waals surface area contributed by atoms with Gasteiger partial charge in [-0.15, -0.1) is 0 Å². The Kier molecular flexibility index (Phi) is 3.53. The van der Waals surface area contributed by atoms with Crippen molar-refractivity contribution in [3.05, 3.63) is 34.2 Å². The van der Waals surface area contributed by atoms with E-state index in [-0.39, 0.29) is 12.3 Å². The van der Waals surface area contributed by atoms with Crippen LogP contribution < -0.4 is 0 Å². The maximum Gasteiger partial charge on any atom is 0.435 e. The fourth-order valence-electron chi connectivity index (χ4n) is 1.61. The highest BCUT2D eigenvalue weighted by Crippen LogP contribution is 2.32. The molecule has 0 atom stereocenters. The average molecular weight is 337 g/mol. The topological polar surface area (TPSA) is 43.6 Å². The number of ether oxygens (including phenoxy) is 1. The monoisotopic (exact) mass is 336 g/mol. The van der Waals surface area contributed by atoms with Crippen molar-refractivity contribution >= 4 is 27.5 Å². The zero-order valence-electron chi connectivity index (χ0n) is 9.66. The zero-order valence-corrected chi connectivity index (χ0v) is 11.2. The maximum absolute atomic E-state index is 12.9. The van der Waals surface area contributed by atoms with Crippen LogP contribution in [0.25, 0.3) is 5.65 Å². The van der Waals surface area contributed by atoms with Crippen molar-refractivity contribution in [3.8, 4) is 0 Å². The molecule has 0 N–H and O–H groups in total. The summed E-state index contributed by atoms with van der Waals surface area (Å²) in [7, 11) is 0. The summed E-state index contributed by atoms with van der Waals surface area (Å²) in [6.07, 6.45) is -3.38. The minimum Gasteiger partial charge on any atom is -0.461 e. The summed E-state index contributed by atoms with van der Waals surface area (Å²) < 4.78 is 44.9. The Hall–Kier alpha value is -1.57. The number of halogens is 4. The predicted molar refractivity (Wildman–Crippen MR) is 63.9 cm³/mol. The molecule has 2 aromatic rings. The highest BCUT2D eigenvalue weighted by atomic mass is 79.9. The first kappa shape index (κ1) is 13.9. The molecule has 0 aliphatic rings. The molecule has 0 aromatic carbocycles. The standard InChI is InChI=1S/C11H8BrF3N2O2/c1-2-19-10(18)8-9(11(13,14)15)16-7-4-3-6(12)5-17(7)8/h3-5H,2H2,1H3. The SMILES string of the molecule is CCOC(=O)c1c(C(F)(F)F)nc2ccc(Br)cn12. The number of carbonyl (C=O) groups excluding carboxylic acids is 1. The van der Waals surface area contributed by atoms with Crippen molar-refractivity contribution in [2.24, 2.45) is 0 Å². The second-order valence-electron chi connectivity index (χ2n) is 3.60. The van der Waals surface area contributed by atoms with Crippen LogP contribution in [0, 0.1) is 0 Å². The predicted octanol–water partition coefficient (Wildman–Crippen LogP) is 3.29. The summed E-state index contributed by atoms with van der Waals surface area (Å²) in [4.78, 5) is 15.1. The van der Waals surface area contributed by atoms with E-state index in [0.29, 0.717) is 4.47 Å². The summed E-state index contributed by atoms with van der Waals surface area (Å²) in [6.45, 7) is 1.50. The Bertz CT molecular complexity index is 637. The molecule has 0 saturated carbocycles. The second kappa shape index (κ2) is 4.84. The molecule has 2 heterocycles. The summed E-state index contributed by atoms with van der Waals surface area (Å²) in [5, 5.41) is 0. The molecule has 2 aromatic heterocycles. The Morgan fingerprint density at radius 3 is 2.74 bits per heavy atom. The van der Waals surface area contributed by atoms with Gasteiger partial charge in [-0.05, 0) is 35.0 Å². The fraction of sp³-hybridized carbons (Fsp3) is 0.273. The van der Waals surface area contributed by atoms with Gasteiger partial charge in [0, 0.05) is 10.7 Å². The maximum atomic E-state index is 12.9. The van der Waals surface area contributed by atoms with Crippen molar-refractivity contribution in [2.45, 2.75) is 13.1 Å². The number of nitrogens with zero attached hydrogens (tertiary/aromatic N) is 2. The number of imidazole rings is 1.